The lowest BCUT2D eigenvalue weighted by Gasteiger charge is -2.14. The maximum Gasteiger partial charge on any atom is 0.256 e. The molecule has 0 saturated carbocycles. The molecule has 1 aromatic carbocycles. The Bertz CT molecular complexity index is 460. The summed E-state index contributed by atoms with van der Waals surface area (Å²) in [5.74, 6) is 2.96. The first-order chi connectivity index (χ1) is 8.62. The number of hydrogen-bond acceptors (Lipinski definition) is 2. The molecule has 18 heavy (non-hydrogen) atoms. The van der Waals surface area contributed by atoms with Crippen molar-refractivity contribution in [3.05, 3.63) is 29.3 Å². The molecule has 0 heterocycles. The number of nitrogens with one attached hydrogen (secondary N) is 1. The Morgan fingerprint density at radius 2 is 2.28 bits per heavy atom. The van der Waals surface area contributed by atoms with E-state index in [2.05, 4.69) is 11.2 Å². The zero-order chi connectivity index (χ0) is 13.5. The van der Waals surface area contributed by atoms with Gasteiger partial charge in [0.2, 0.25) is 0 Å². The van der Waals surface area contributed by atoms with E-state index >= 15 is 0 Å². The quantitative estimate of drug-likeness (QED) is 0.810. The zero-order valence-electron chi connectivity index (χ0n) is 11.1. The second kappa shape index (κ2) is 6.70. The van der Waals surface area contributed by atoms with Gasteiger partial charge < -0.3 is 10.1 Å². The summed E-state index contributed by atoms with van der Waals surface area (Å²) in [6.07, 6.45) is 7.09. The van der Waals surface area contributed by atoms with Crippen LogP contribution in [0.2, 0.25) is 0 Å². The van der Waals surface area contributed by atoms with Gasteiger partial charge in [-0.05, 0) is 25.5 Å². The average molecular weight is 245 g/mol. The number of amides is 1. The number of methoxy groups -OCH3 is 1. The normalized spacial score (nSPS) is 11.4. The van der Waals surface area contributed by atoms with E-state index in [-0.39, 0.29) is 11.9 Å². The van der Waals surface area contributed by atoms with Gasteiger partial charge in [0.25, 0.3) is 5.91 Å². The highest BCUT2D eigenvalue weighted by Gasteiger charge is 2.15. The molecule has 0 aromatic heterocycles. The molecule has 1 N–H and O–H groups in total. The van der Waals surface area contributed by atoms with Crippen molar-refractivity contribution < 1.29 is 9.53 Å². The van der Waals surface area contributed by atoms with Crippen LogP contribution in [0.4, 0.5) is 0 Å². The van der Waals surface area contributed by atoms with Crippen molar-refractivity contribution in [2.24, 2.45) is 0 Å². The number of carbonyl (C=O) groups is 1. The first kappa shape index (κ1) is 14.1. The molecule has 96 valence electrons. The molecule has 3 nitrogen and oxygen atoms in total. The predicted octanol–water partition coefficient (Wildman–Crippen LogP) is 2.54. The second-order valence-corrected chi connectivity index (χ2v) is 4.19. The van der Waals surface area contributed by atoms with E-state index in [1.54, 1.807) is 19.2 Å². The monoisotopic (exact) mass is 245 g/mol. The number of carbonyl (C=O) groups excluding carboxylic acids is 1. The third-order valence-corrected chi connectivity index (χ3v) is 2.68. The van der Waals surface area contributed by atoms with Crippen LogP contribution in [0, 0.1) is 19.3 Å². The fourth-order valence-corrected chi connectivity index (χ4v) is 1.72. The summed E-state index contributed by atoms with van der Waals surface area (Å²) in [4.78, 5) is 12.1. The minimum Gasteiger partial charge on any atom is -0.496 e. The van der Waals surface area contributed by atoms with Crippen LogP contribution in [0.15, 0.2) is 18.2 Å². The third-order valence-electron chi connectivity index (χ3n) is 2.68. The van der Waals surface area contributed by atoms with Gasteiger partial charge in [0, 0.05) is 0 Å². The molecule has 1 amide bonds. The van der Waals surface area contributed by atoms with Crippen LogP contribution in [0.25, 0.3) is 0 Å². The topological polar surface area (TPSA) is 38.3 Å². The largest absolute Gasteiger partial charge is 0.496 e. The Morgan fingerprint density at radius 3 is 2.83 bits per heavy atom. The van der Waals surface area contributed by atoms with Gasteiger partial charge in [-0.25, -0.2) is 0 Å². The highest BCUT2D eigenvalue weighted by molar-refractivity contribution is 5.97. The highest BCUT2D eigenvalue weighted by atomic mass is 16.5. The van der Waals surface area contributed by atoms with Crippen LogP contribution in [-0.4, -0.2) is 19.1 Å². The summed E-state index contributed by atoms with van der Waals surface area (Å²) in [5, 5.41) is 2.83. The van der Waals surface area contributed by atoms with Crippen LogP contribution in [0.1, 0.15) is 35.7 Å². The number of hydrogen-bond donors (Lipinski definition) is 1. The summed E-state index contributed by atoms with van der Waals surface area (Å²) in [6.45, 7) is 3.96. The van der Waals surface area contributed by atoms with Crippen LogP contribution in [-0.2, 0) is 0 Å². The van der Waals surface area contributed by atoms with E-state index in [0.717, 1.165) is 18.4 Å². The molecule has 1 unspecified atom stereocenters. The van der Waals surface area contributed by atoms with Gasteiger partial charge in [0.1, 0.15) is 5.75 Å². The highest BCUT2D eigenvalue weighted by Crippen LogP contribution is 2.19. The number of terminal acetylenes is 1. The minimum absolute atomic E-state index is 0.188. The van der Waals surface area contributed by atoms with Gasteiger partial charge in [-0.1, -0.05) is 30.9 Å². The van der Waals surface area contributed by atoms with Crippen molar-refractivity contribution in [2.45, 2.75) is 32.7 Å². The van der Waals surface area contributed by atoms with E-state index in [0.29, 0.717) is 11.3 Å². The van der Waals surface area contributed by atoms with E-state index < -0.39 is 0 Å². The smallest absolute Gasteiger partial charge is 0.256 e. The molecule has 1 atom stereocenters. The summed E-state index contributed by atoms with van der Waals surface area (Å²) >= 11 is 0. The van der Waals surface area contributed by atoms with E-state index in [4.69, 9.17) is 11.2 Å². The number of aryl methyl sites for hydroxylation is 1. The van der Waals surface area contributed by atoms with E-state index in [1.807, 2.05) is 19.9 Å². The fourth-order valence-electron chi connectivity index (χ4n) is 1.72. The standard InChI is InChI=1S/C15H19NO2/c1-5-7-12(6-2)16-15(17)13-10-11(3)8-9-14(13)18-4/h2,8-10,12H,5,7H2,1,3-4H3,(H,16,17). The van der Waals surface area contributed by atoms with Crippen molar-refractivity contribution in [3.8, 4) is 18.1 Å². The Hall–Kier alpha value is -1.95. The van der Waals surface area contributed by atoms with Gasteiger partial charge in [0.05, 0.1) is 18.7 Å². The molecule has 0 bridgehead atoms. The fraction of sp³-hybridized carbons (Fsp3) is 0.400. The summed E-state index contributed by atoms with van der Waals surface area (Å²) in [5.41, 5.74) is 1.53. The lowest BCUT2D eigenvalue weighted by molar-refractivity contribution is 0.0941. The molecular weight excluding hydrogens is 226 g/mol. The maximum atomic E-state index is 12.1. The first-order valence-electron chi connectivity index (χ1n) is 6.04. The molecule has 0 aliphatic carbocycles. The van der Waals surface area contributed by atoms with Gasteiger partial charge in [-0.15, -0.1) is 6.42 Å². The van der Waals surface area contributed by atoms with Gasteiger partial charge in [-0.3, -0.25) is 4.79 Å². The SMILES string of the molecule is C#CC(CCC)NC(=O)c1cc(C)ccc1OC. The Balaban J connectivity index is 2.90. The zero-order valence-corrected chi connectivity index (χ0v) is 11.1. The molecule has 0 aliphatic rings. The molecule has 0 aliphatic heterocycles. The van der Waals surface area contributed by atoms with Crippen molar-refractivity contribution in [1.82, 2.24) is 5.32 Å². The first-order valence-corrected chi connectivity index (χ1v) is 6.04. The second-order valence-electron chi connectivity index (χ2n) is 4.19. The molecule has 3 heteroatoms. The molecule has 0 fully saturated rings. The van der Waals surface area contributed by atoms with Crippen LogP contribution >= 0.6 is 0 Å². The Morgan fingerprint density at radius 1 is 1.56 bits per heavy atom. The van der Waals surface area contributed by atoms with Crippen molar-refractivity contribution in [2.75, 3.05) is 7.11 Å². The summed E-state index contributed by atoms with van der Waals surface area (Å²) < 4.78 is 5.18. The molecule has 1 rings (SSSR count). The molecule has 0 saturated heterocycles. The maximum absolute atomic E-state index is 12.1. The summed E-state index contributed by atoms with van der Waals surface area (Å²) in [6, 6.07) is 5.26. The molecule has 1 aromatic rings. The van der Waals surface area contributed by atoms with Crippen molar-refractivity contribution in [3.63, 3.8) is 0 Å². The van der Waals surface area contributed by atoms with E-state index in [1.165, 1.54) is 0 Å². The third kappa shape index (κ3) is 3.53. The Kier molecular flexibility index (Phi) is 5.26. The predicted molar refractivity (Wildman–Crippen MR) is 72.7 cm³/mol. The summed E-state index contributed by atoms with van der Waals surface area (Å²) in [7, 11) is 1.55. The molecule has 0 radical (unpaired) electrons. The average Bonchev–Trinajstić information content (AvgIpc) is 2.38. The van der Waals surface area contributed by atoms with Gasteiger partial charge in [0.15, 0.2) is 0 Å². The van der Waals surface area contributed by atoms with Gasteiger partial charge in [-0.2, -0.15) is 0 Å². The van der Waals surface area contributed by atoms with Crippen molar-refractivity contribution in [1.29, 1.82) is 0 Å². The number of ether oxygens (including phenoxy) is 1. The lowest BCUT2D eigenvalue weighted by atomic mass is 10.1. The Labute approximate surface area is 109 Å². The van der Waals surface area contributed by atoms with Crippen LogP contribution in [0.5, 0.6) is 5.75 Å². The molecular formula is C15H19NO2. The van der Waals surface area contributed by atoms with Crippen LogP contribution in [0.3, 0.4) is 0 Å². The van der Waals surface area contributed by atoms with Crippen molar-refractivity contribution >= 4 is 5.91 Å². The lowest BCUT2D eigenvalue weighted by Crippen LogP contribution is -2.33. The molecule has 0 spiro atoms. The number of rotatable bonds is 5. The minimum atomic E-state index is -0.229. The van der Waals surface area contributed by atoms with Crippen LogP contribution < -0.4 is 10.1 Å². The number of benzene rings is 1. The van der Waals surface area contributed by atoms with E-state index in [9.17, 15) is 4.79 Å². The van der Waals surface area contributed by atoms with Gasteiger partial charge >= 0.3 is 0 Å².